The molecule has 3 aromatic heterocycles. The van der Waals surface area contributed by atoms with Crippen LogP contribution < -0.4 is 21.9 Å². The number of anilines is 1. The van der Waals surface area contributed by atoms with Gasteiger partial charge in [0.1, 0.15) is 22.7 Å². The second-order valence-corrected chi connectivity index (χ2v) is 9.27. The van der Waals surface area contributed by atoms with Gasteiger partial charge in [-0.25, -0.2) is 19.6 Å². The Morgan fingerprint density at radius 1 is 1.17 bits per heavy atom. The molecule has 1 fully saturated rings. The average molecular weight is 492 g/mol. The molecule has 4 heterocycles. The van der Waals surface area contributed by atoms with Gasteiger partial charge in [-0.3, -0.25) is 13.9 Å². The van der Waals surface area contributed by atoms with Gasteiger partial charge in [0.2, 0.25) is 0 Å². The summed E-state index contributed by atoms with van der Waals surface area (Å²) in [5.41, 5.74) is 6.69. The third kappa shape index (κ3) is 3.67. The molecule has 0 saturated carbocycles. The molecule has 4 aromatic rings. The predicted octanol–water partition coefficient (Wildman–Crippen LogP) is 1.45. The lowest BCUT2D eigenvalue weighted by atomic mass is 10.1. The number of carboxylic acid groups (broad SMARTS) is 1. The molecule has 1 aliphatic rings. The average Bonchev–Trinajstić information content (AvgIpc) is 3.21. The minimum atomic E-state index is -1.19. The van der Waals surface area contributed by atoms with Crippen LogP contribution in [0.25, 0.3) is 21.9 Å². The highest BCUT2D eigenvalue weighted by molar-refractivity contribution is 6.07. The van der Waals surface area contributed by atoms with Gasteiger partial charge in [0, 0.05) is 43.8 Å². The molecular formula is C25H29N7O4. The summed E-state index contributed by atoms with van der Waals surface area (Å²) in [6.07, 6.45) is 1.66. The Bertz CT molecular complexity index is 1630. The standard InChI is InChI=1S/C25H29N7O4/c1-4-31-21-20(19(24(34)35)22(31)30-11-7-8-15(26)12-30)29(3)25(36)32(23(21)33)13-18-27-14(2)16-9-5-6-10-17(16)28-18/h5-6,9-10,15H,4,7-8,11-13,26H2,1-3H3,(H,34,35)/t15-/m1/s1. The number of fused-ring (bicyclic) bond motifs is 2. The van der Waals surface area contributed by atoms with E-state index < -0.39 is 17.2 Å². The quantitative estimate of drug-likeness (QED) is 0.427. The molecule has 0 radical (unpaired) electrons. The van der Waals surface area contributed by atoms with Crippen LogP contribution in [0.1, 0.15) is 41.6 Å². The highest BCUT2D eigenvalue weighted by Crippen LogP contribution is 2.32. The van der Waals surface area contributed by atoms with Crippen LogP contribution in [0, 0.1) is 6.92 Å². The van der Waals surface area contributed by atoms with E-state index in [2.05, 4.69) is 9.97 Å². The van der Waals surface area contributed by atoms with Gasteiger partial charge in [-0.1, -0.05) is 18.2 Å². The molecule has 11 nitrogen and oxygen atoms in total. The van der Waals surface area contributed by atoms with Crippen LogP contribution >= 0.6 is 0 Å². The van der Waals surface area contributed by atoms with Crippen molar-refractivity contribution in [3.8, 4) is 0 Å². The topological polar surface area (TPSA) is 141 Å². The molecule has 36 heavy (non-hydrogen) atoms. The molecule has 188 valence electrons. The number of aromatic nitrogens is 5. The number of nitrogens with zero attached hydrogens (tertiary/aromatic N) is 6. The SMILES string of the molecule is CCn1c(N2CCC[C@@H](N)C2)c(C(=O)O)c2c1c(=O)n(Cc1nc(C)c3ccccc3n1)c(=O)n2C. The highest BCUT2D eigenvalue weighted by Gasteiger charge is 2.32. The summed E-state index contributed by atoms with van der Waals surface area (Å²) in [6, 6.07) is 7.44. The van der Waals surface area contributed by atoms with Crippen molar-refractivity contribution >= 4 is 33.7 Å². The summed E-state index contributed by atoms with van der Waals surface area (Å²) in [5.74, 6) is -0.445. The molecule has 0 spiro atoms. The first-order chi connectivity index (χ1) is 17.2. The Morgan fingerprint density at radius 3 is 2.61 bits per heavy atom. The van der Waals surface area contributed by atoms with Crippen molar-refractivity contribution in [2.75, 3.05) is 18.0 Å². The first kappa shape index (κ1) is 23.7. The van der Waals surface area contributed by atoms with E-state index in [9.17, 15) is 19.5 Å². The molecule has 0 bridgehead atoms. The number of hydrogen-bond donors (Lipinski definition) is 2. The fraction of sp³-hybridized carbons (Fsp3) is 0.400. The second-order valence-electron chi connectivity index (χ2n) is 9.27. The van der Waals surface area contributed by atoms with Crippen molar-refractivity contribution in [3.63, 3.8) is 0 Å². The van der Waals surface area contributed by atoms with E-state index in [0.29, 0.717) is 31.3 Å². The van der Waals surface area contributed by atoms with E-state index in [4.69, 9.17) is 5.73 Å². The normalized spacial score (nSPS) is 16.2. The van der Waals surface area contributed by atoms with Gasteiger partial charge in [0.15, 0.2) is 0 Å². The van der Waals surface area contributed by atoms with Gasteiger partial charge >= 0.3 is 11.7 Å². The van der Waals surface area contributed by atoms with E-state index in [1.807, 2.05) is 43.0 Å². The zero-order chi connectivity index (χ0) is 25.7. The van der Waals surface area contributed by atoms with E-state index in [-0.39, 0.29) is 29.2 Å². The van der Waals surface area contributed by atoms with E-state index >= 15 is 0 Å². The Labute approximate surface area is 206 Å². The third-order valence-corrected chi connectivity index (χ3v) is 6.94. The maximum Gasteiger partial charge on any atom is 0.341 e. The predicted molar refractivity (Wildman–Crippen MR) is 137 cm³/mol. The monoisotopic (exact) mass is 491 g/mol. The fourth-order valence-corrected chi connectivity index (χ4v) is 5.31. The maximum absolute atomic E-state index is 13.8. The number of nitrogens with two attached hydrogens (primary N) is 1. The molecule has 1 aliphatic heterocycles. The molecular weight excluding hydrogens is 462 g/mol. The van der Waals surface area contributed by atoms with Gasteiger partial charge in [-0.2, -0.15) is 0 Å². The number of para-hydroxylation sites is 1. The maximum atomic E-state index is 13.8. The molecule has 5 rings (SSSR count). The zero-order valence-corrected chi connectivity index (χ0v) is 20.6. The van der Waals surface area contributed by atoms with Crippen LogP contribution in [0.4, 0.5) is 5.82 Å². The van der Waals surface area contributed by atoms with Crippen molar-refractivity contribution in [2.45, 2.75) is 45.8 Å². The largest absolute Gasteiger partial charge is 0.477 e. The molecule has 3 N–H and O–H groups in total. The van der Waals surface area contributed by atoms with Gasteiger partial charge in [-0.15, -0.1) is 0 Å². The number of benzene rings is 1. The summed E-state index contributed by atoms with van der Waals surface area (Å²) in [7, 11) is 1.49. The number of aryl methyl sites for hydroxylation is 3. The van der Waals surface area contributed by atoms with Crippen LogP contribution in [0.5, 0.6) is 0 Å². The van der Waals surface area contributed by atoms with Crippen molar-refractivity contribution in [1.82, 2.24) is 23.7 Å². The number of carboxylic acids is 1. The number of hydrogen-bond acceptors (Lipinski definition) is 7. The smallest absolute Gasteiger partial charge is 0.341 e. The summed E-state index contributed by atoms with van der Waals surface area (Å²) in [6.45, 7) is 5.02. The number of aromatic carboxylic acids is 1. The van der Waals surface area contributed by atoms with Crippen LogP contribution in [-0.4, -0.2) is 53.9 Å². The second kappa shape index (κ2) is 8.90. The first-order valence-electron chi connectivity index (χ1n) is 12.0. The fourth-order valence-electron chi connectivity index (χ4n) is 5.31. The first-order valence-corrected chi connectivity index (χ1v) is 12.0. The van der Waals surface area contributed by atoms with Gasteiger partial charge < -0.3 is 20.3 Å². The Morgan fingerprint density at radius 2 is 1.92 bits per heavy atom. The molecule has 11 heteroatoms. The molecule has 1 aromatic carbocycles. The highest BCUT2D eigenvalue weighted by atomic mass is 16.4. The number of rotatable bonds is 5. The summed E-state index contributed by atoms with van der Waals surface area (Å²) >= 11 is 0. The van der Waals surface area contributed by atoms with Crippen molar-refractivity contribution in [3.05, 3.63) is 62.2 Å². The van der Waals surface area contributed by atoms with Crippen LogP contribution in [0.15, 0.2) is 33.9 Å². The van der Waals surface area contributed by atoms with Crippen molar-refractivity contribution < 1.29 is 9.90 Å². The van der Waals surface area contributed by atoms with Crippen LogP contribution in [0.3, 0.4) is 0 Å². The minimum absolute atomic E-state index is 0.0531. The summed E-state index contributed by atoms with van der Waals surface area (Å²) in [5, 5.41) is 11.1. The van der Waals surface area contributed by atoms with Crippen LogP contribution in [-0.2, 0) is 20.1 Å². The Kier molecular flexibility index (Phi) is 5.87. The van der Waals surface area contributed by atoms with Crippen molar-refractivity contribution in [1.29, 1.82) is 0 Å². The van der Waals surface area contributed by atoms with Crippen molar-refractivity contribution in [2.24, 2.45) is 12.8 Å². The zero-order valence-electron chi connectivity index (χ0n) is 20.6. The Balaban J connectivity index is 1.76. The van der Waals surface area contributed by atoms with E-state index in [1.165, 1.54) is 11.6 Å². The molecule has 0 aliphatic carbocycles. The Hall–Kier alpha value is -3.99. The van der Waals surface area contributed by atoms with E-state index in [1.54, 1.807) is 4.57 Å². The molecule has 1 atom stereocenters. The lowest BCUT2D eigenvalue weighted by Crippen LogP contribution is -2.44. The molecule has 0 unspecified atom stereocenters. The third-order valence-electron chi connectivity index (χ3n) is 6.94. The number of piperidine rings is 1. The van der Waals surface area contributed by atoms with E-state index in [0.717, 1.165) is 34.0 Å². The van der Waals surface area contributed by atoms with Gasteiger partial charge in [-0.05, 0) is 32.8 Å². The van der Waals surface area contributed by atoms with Gasteiger partial charge in [0.05, 0.1) is 17.6 Å². The summed E-state index contributed by atoms with van der Waals surface area (Å²) in [4.78, 5) is 50.7. The van der Waals surface area contributed by atoms with Crippen LogP contribution in [0.2, 0.25) is 0 Å². The molecule has 0 amide bonds. The molecule has 1 saturated heterocycles. The number of carbonyl (C=O) groups is 1. The summed E-state index contributed by atoms with van der Waals surface area (Å²) < 4.78 is 4.02. The lowest BCUT2D eigenvalue weighted by Gasteiger charge is -2.33. The van der Waals surface area contributed by atoms with Gasteiger partial charge in [0.25, 0.3) is 5.56 Å². The lowest BCUT2D eigenvalue weighted by molar-refractivity contribution is 0.0699. The minimum Gasteiger partial charge on any atom is -0.477 e.